The van der Waals surface area contributed by atoms with Crippen molar-refractivity contribution in [2.24, 2.45) is 0 Å². The zero-order valence-electron chi connectivity index (χ0n) is 22.6. The van der Waals surface area contributed by atoms with Crippen molar-refractivity contribution in [1.82, 2.24) is 4.90 Å². The molecule has 0 aliphatic carbocycles. The lowest BCUT2D eigenvalue weighted by atomic mass is 10.1. The summed E-state index contributed by atoms with van der Waals surface area (Å²) in [6.45, 7) is 4.76. The zero-order chi connectivity index (χ0) is 29.5. The van der Waals surface area contributed by atoms with Crippen molar-refractivity contribution >= 4 is 69.7 Å². The van der Waals surface area contributed by atoms with Gasteiger partial charge in [-0.2, -0.15) is 0 Å². The molecule has 214 valence electrons. The van der Waals surface area contributed by atoms with Gasteiger partial charge in [-0.3, -0.25) is 14.5 Å². The number of hydrogen-bond donors (Lipinski definition) is 1. The van der Waals surface area contributed by atoms with Crippen molar-refractivity contribution in [3.8, 4) is 5.75 Å². The normalized spacial score (nSPS) is 14.8. The number of thiocarbonyl (C=S) groups is 1. The molecule has 1 atom stereocenters. The first kappa shape index (κ1) is 30.3. The molecular weight excluding hydrogens is 585 g/mol. The highest BCUT2D eigenvalue weighted by atomic mass is 35.5. The van der Waals surface area contributed by atoms with Crippen molar-refractivity contribution in [3.63, 3.8) is 0 Å². The molecule has 1 saturated heterocycles. The molecule has 0 bridgehead atoms. The molecule has 4 rings (SSSR count). The first-order valence-corrected chi connectivity index (χ1v) is 14.3. The molecule has 0 radical (unpaired) electrons. The van der Waals surface area contributed by atoms with Crippen LogP contribution in [0.4, 0.5) is 11.4 Å². The van der Waals surface area contributed by atoms with Gasteiger partial charge in [0.05, 0.1) is 30.9 Å². The number of halogens is 2. The number of anilines is 2. The number of ether oxygens (including phenoxy) is 2. The van der Waals surface area contributed by atoms with Gasteiger partial charge in [0.2, 0.25) is 5.91 Å². The van der Waals surface area contributed by atoms with Gasteiger partial charge in [0.25, 0.3) is 5.91 Å². The maximum atomic E-state index is 13.7. The number of hydrogen-bond acceptors (Lipinski definition) is 6. The molecule has 1 fully saturated rings. The molecule has 0 saturated carbocycles. The highest BCUT2D eigenvalue weighted by molar-refractivity contribution is 7.80. The van der Waals surface area contributed by atoms with E-state index in [-0.39, 0.29) is 24.8 Å². The van der Waals surface area contributed by atoms with Gasteiger partial charge in [-0.05, 0) is 98.7 Å². The van der Waals surface area contributed by atoms with Gasteiger partial charge in [0, 0.05) is 22.3 Å². The predicted molar refractivity (Wildman–Crippen MR) is 164 cm³/mol. The third kappa shape index (κ3) is 7.35. The van der Waals surface area contributed by atoms with E-state index in [9.17, 15) is 14.4 Å². The number of carbonyl (C=O) groups excluding carboxylic acids is 3. The van der Waals surface area contributed by atoms with Crippen LogP contribution in [0.15, 0.2) is 66.7 Å². The van der Waals surface area contributed by atoms with Gasteiger partial charge < -0.3 is 19.7 Å². The quantitative estimate of drug-likeness (QED) is 0.205. The lowest BCUT2D eigenvalue weighted by Crippen LogP contribution is -2.39. The first-order valence-electron chi connectivity index (χ1n) is 13.1. The Morgan fingerprint density at radius 1 is 0.976 bits per heavy atom. The lowest BCUT2D eigenvalue weighted by Gasteiger charge is -2.24. The minimum Gasteiger partial charge on any atom is -0.494 e. The number of amides is 2. The van der Waals surface area contributed by atoms with Crippen LogP contribution in [0.5, 0.6) is 5.75 Å². The summed E-state index contributed by atoms with van der Waals surface area (Å²) in [5.74, 6) is -0.457. The van der Waals surface area contributed by atoms with Crippen molar-refractivity contribution in [2.45, 2.75) is 32.7 Å². The summed E-state index contributed by atoms with van der Waals surface area (Å²) in [4.78, 5) is 42.0. The summed E-state index contributed by atoms with van der Waals surface area (Å²) in [7, 11) is 0. The smallest absolute Gasteiger partial charge is 0.338 e. The minimum atomic E-state index is -0.834. The standard InChI is InChI=1S/C30H29Cl2N3O5S/c1-3-39-24-13-11-23(12-14-24)35-28(37)26(34(30(35)41)16-15-19-5-8-21(31)17-25(19)32)18-27(36)33-22-9-6-20(7-10-22)29(38)40-4-2/h5-14,17,26H,3-4,15-16,18H2,1-2H3,(H,33,36). The van der Waals surface area contributed by atoms with E-state index in [0.717, 1.165) is 5.56 Å². The van der Waals surface area contributed by atoms with E-state index >= 15 is 0 Å². The van der Waals surface area contributed by atoms with Crippen LogP contribution < -0.4 is 15.0 Å². The molecule has 0 aromatic heterocycles. The predicted octanol–water partition coefficient (Wildman–Crippen LogP) is 6.14. The molecule has 2 amide bonds. The molecule has 11 heteroatoms. The van der Waals surface area contributed by atoms with Gasteiger partial charge in [-0.15, -0.1) is 0 Å². The Hall–Kier alpha value is -3.66. The second-order valence-electron chi connectivity index (χ2n) is 9.13. The van der Waals surface area contributed by atoms with E-state index in [1.165, 1.54) is 4.90 Å². The molecule has 1 unspecified atom stereocenters. The Labute approximate surface area is 254 Å². The van der Waals surface area contributed by atoms with E-state index in [1.54, 1.807) is 72.5 Å². The Morgan fingerprint density at radius 2 is 1.68 bits per heavy atom. The lowest BCUT2D eigenvalue weighted by molar-refractivity contribution is -0.124. The fourth-order valence-corrected chi connectivity index (χ4v) is 5.36. The summed E-state index contributed by atoms with van der Waals surface area (Å²) < 4.78 is 10.5. The Kier molecular flexibility index (Phi) is 10.2. The Bertz CT molecular complexity index is 1430. The summed E-state index contributed by atoms with van der Waals surface area (Å²) >= 11 is 18.2. The molecule has 3 aromatic rings. The summed E-state index contributed by atoms with van der Waals surface area (Å²) in [6.07, 6.45) is 0.342. The molecule has 1 aliphatic heterocycles. The fraction of sp³-hybridized carbons (Fsp3) is 0.267. The van der Waals surface area contributed by atoms with Gasteiger partial charge in [-0.25, -0.2) is 4.79 Å². The van der Waals surface area contributed by atoms with Crippen LogP contribution in [-0.4, -0.2) is 53.6 Å². The van der Waals surface area contributed by atoms with E-state index in [2.05, 4.69) is 5.32 Å². The van der Waals surface area contributed by atoms with Gasteiger partial charge in [-0.1, -0.05) is 29.3 Å². The molecule has 3 aromatic carbocycles. The molecular formula is C30H29Cl2N3O5S. The zero-order valence-corrected chi connectivity index (χ0v) is 24.9. The van der Waals surface area contributed by atoms with E-state index in [4.69, 9.17) is 44.9 Å². The number of rotatable bonds is 11. The minimum absolute atomic E-state index is 0.138. The summed E-state index contributed by atoms with van der Waals surface area (Å²) in [5, 5.41) is 4.13. The van der Waals surface area contributed by atoms with Crippen LogP contribution in [0, 0.1) is 0 Å². The van der Waals surface area contributed by atoms with Crippen molar-refractivity contribution in [2.75, 3.05) is 30.0 Å². The largest absolute Gasteiger partial charge is 0.494 e. The topological polar surface area (TPSA) is 88.2 Å². The number of benzene rings is 3. The molecule has 1 heterocycles. The van der Waals surface area contributed by atoms with Gasteiger partial charge >= 0.3 is 5.97 Å². The maximum absolute atomic E-state index is 13.7. The van der Waals surface area contributed by atoms with Crippen LogP contribution in [0.2, 0.25) is 10.0 Å². The first-order chi connectivity index (χ1) is 19.7. The fourth-order valence-electron chi connectivity index (χ4n) is 4.44. The number of esters is 1. The van der Waals surface area contributed by atoms with Crippen molar-refractivity contribution < 1.29 is 23.9 Å². The van der Waals surface area contributed by atoms with Crippen LogP contribution in [-0.2, 0) is 20.7 Å². The number of carbonyl (C=O) groups is 3. The average molecular weight is 615 g/mol. The third-order valence-electron chi connectivity index (χ3n) is 6.42. The number of nitrogens with zero attached hydrogens (tertiary/aromatic N) is 2. The molecule has 1 N–H and O–H groups in total. The maximum Gasteiger partial charge on any atom is 0.338 e. The monoisotopic (exact) mass is 613 g/mol. The number of nitrogens with one attached hydrogen (secondary N) is 1. The van der Waals surface area contributed by atoms with Crippen LogP contribution in [0.25, 0.3) is 0 Å². The van der Waals surface area contributed by atoms with Crippen LogP contribution in [0.3, 0.4) is 0 Å². The van der Waals surface area contributed by atoms with E-state index in [0.29, 0.717) is 57.4 Å². The highest BCUT2D eigenvalue weighted by Gasteiger charge is 2.44. The Balaban J connectivity index is 1.53. The third-order valence-corrected chi connectivity index (χ3v) is 7.42. The van der Waals surface area contributed by atoms with E-state index in [1.807, 2.05) is 13.0 Å². The second-order valence-corrected chi connectivity index (χ2v) is 10.3. The molecule has 1 aliphatic rings. The van der Waals surface area contributed by atoms with Gasteiger partial charge in [0.1, 0.15) is 11.8 Å². The van der Waals surface area contributed by atoms with Crippen LogP contribution in [0.1, 0.15) is 36.2 Å². The van der Waals surface area contributed by atoms with Crippen molar-refractivity contribution in [1.29, 1.82) is 0 Å². The second kappa shape index (κ2) is 13.8. The van der Waals surface area contributed by atoms with Gasteiger partial charge in [0.15, 0.2) is 5.11 Å². The average Bonchev–Trinajstić information content (AvgIpc) is 3.17. The molecule has 0 spiro atoms. The highest BCUT2D eigenvalue weighted by Crippen LogP contribution is 2.30. The van der Waals surface area contributed by atoms with Crippen LogP contribution >= 0.6 is 35.4 Å². The summed E-state index contributed by atoms with van der Waals surface area (Å²) in [5.41, 5.74) is 2.28. The van der Waals surface area contributed by atoms with Crippen molar-refractivity contribution in [3.05, 3.63) is 87.9 Å². The van der Waals surface area contributed by atoms with E-state index < -0.39 is 12.0 Å². The molecule has 8 nitrogen and oxygen atoms in total. The Morgan fingerprint density at radius 3 is 2.32 bits per heavy atom. The molecule has 41 heavy (non-hydrogen) atoms. The SMILES string of the molecule is CCOC(=O)c1ccc(NC(=O)CC2C(=O)N(c3ccc(OCC)cc3)C(=S)N2CCc2ccc(Cl)cc2Cl)cc1. The summed E-state index contributed by atoms with van der Waals surface area (Å²) in [6, 6.07) is 17.8.